The van der Waals surface area contributed by atoms with Gasteiger partial charge in [-0.25, -0.2) is 8.42 Å². The minimum absolute atomic E-state index is 0.0557. The van der Waals surface area contributed by atoms with E-state index < -0.39 is 10.0 Å². The summed E-state index contributed by atoms with van der Waals surface area (Å²) >= 11 is 0. The smallest absolute Gasteiger partial charge is 0.243 e. The van der Waals surface area contributed by atoms with Gasteiger partial charge in [0.05, 0.1) is 4.90 Å². The summed E-state index contributed by atoms with van der Waals surface area (Å²) in [7, 11) is -3.41. The second-order valence-corrected chi connectivity index (χ2v) is 7.17. The molecule has 0 spiro atoms. The number of aliphatic hydroxyl groups excluding tert-OH is 1. The molecule has 1 aromatic carbocycles. The van der Waals surface area contributed by atoms with E-state index in [1.807, 2.05) is 6.07 Å². The van der Waals surface area contributed by atoms with Gasteiger partial charge in [-0.1, -0.05) is 6.07 Å². The molecule has 2 heterocycles. The van der Waals surface area contributed by atoms with Crippen molar-refractivity contribution in [1.29, 1.82) is 0 Å². The van der Waals surface area contributed by atoms with E-state index in [1.54, 1.807) is 12.1 Å². The van der Waals surface area contributed by atoms with E-state index in [4.69, 9.17) is 5.11 Å². The van der Waals surface area contributed by atoms with Crippen LogP contribution in [-0.4, -0.2) is 37.5 Å². The molecule has 0 radical (unpaired) electrons. The lowest BCUT2D eigenvalue weighted by atomic mass is 10.1. The molecule has 2 aliphatic rings. The van der Waals surface area contributed by atoms with Gasteiger partial charge in [0.25, 0.3) is 0 Å². The van der Waals surface area contributed by atoms with E-state index in [0.29, 0.717) is 18.0 Å². The maximum atomic E-state index is 12.5. The van der Waals surface area contributed by atoms with Gasteiger partial charge in [0.2, 0.25) is 10.0 Å². The second-order valence-electron chi connectivity index (χ2n) is 5.23. The lowest BCUT2D eigenvalue weighted by Gasteiger charge is -2.16. The van der Waals surface area contributed by atoms with E-state index >= 15 is 0 Å². The minimum atomic E-state index is -3.41. The van der Waals surface area contributed by atoms with Gasteiger partial charge in [-0.05, 0) is 35.6 Å². The lowest BCUT2D eigenvalue weighted by Crippen LogP contribution is -2.29. The molecule has 3 rings (SSSR count). The van der Waals surface area contributed by atoms with Crippen molar-refractivity contribution < 1.29 is 13.5 Å². The Labute approximate surface area is 113 Å². The van der Waals surface area contributed by atoms with Gasteiger partial charge in [0.1, 0.15) is 0 Å². The number of nitrogens with zero attached hydrogens (tertiary/aromatic N) is 1. The molecule has 2 N–H and O–H groups in total. The molecule has 2 aliphatic heterocycles. The topological polar surface area (TPSA) is 69.6 Å². The number of benzene rings is 1. The molecule has 0 aliphatic carbocycles. The van der Waals surface area contributed by atoms with Crippen LogP contribution in [0.1, 0.15) is 17.5 Å². The molecule has 19 heavy (non-hydrogen) atoms. The van der Waals surface area contributed by atoms with E-state index in [0.717, 1.165) is 25.1 Å². The molecule has 1 fully saturated rings. The van der Waals surface area contributed by atoms with Crippen LogP contribution in [0.3, 0.4) is 0 Å². The summed E-state index contributed by atoms with van der Waals surface area (Å²) in [5.41, 5.74) is 2.24. The van der Waals surface area contributed by atoms with Crippen LogP contribution in [0.4, 0.5) is 0 Å². The van der Waals surface area contributed by atoms with Crippen LogP contribution in [0.5, 0.6) is 0 Å². The normalized spacial score (nSPS) is 23.7. The summed E-state index contributed by atoms with van der Waals surface area (Å²) in [5.74, 6) is 0.0749. The van der Waals surface area contributed by atoms with Gasteiger partial charge < -0.3 is 10.4 Å². The highest BCUT2D eigenvalue weighted by molar-refractivity contribution is 7.89. The maximum absolute atomic E-state index is 12.5. The molecule has 6 heteroatoms. The molecule has 1 unspecified atom stereocenters. The number of fused-ring (bicyclic) bond motifs is 1. The summed E-state index contributed by atoms with van der Waals surface area (Å²) in [4.78, 5) is 0.369. The molecule has 0 saturated carbocycles. The van der Waals surface area contributed by atoms with E-state index in [9.17, 15) is 8.42 Å². The third-order valence-corrected chi connectivity index (χ3v) is 5.81. The Hall–Kier alpha value is -0.950. The highest BCUT2D eigenvalue weighted by Gasteiger charge is 2.32. The second kappa shape index (κ2) is 4.86. The Balaban J connectivity index is 1.88. The van der Waals surface area contributed by atoms with Crippen molar-refractivity contribution in [2.45, 2.75) is 24.4 Å². The van der Waals surface area contributed by atoms with Gasteiger partial charge >= 0.3 is 0 Å². The third-order valence-electron chi connectivity index (χ3n) is 3.95. The zero-order valence-electron chi connectivity index (χ0n) is 10.7. The van der Waals surface area contributed by atoms with Crippen LogP contribution in [0.15, 0.2) is 23.1 Å². The molecule has 0 bridgehead atoms. The van der Waals surface area contributed by atoms with Gasteiger partial charge in [-0.15, -0.1) is 0 Å². The summed E-state index contributed by atoms with van der Waals surface area (Å²) in [6, 6.07) is 5.35. The third kappa shape index (κ3) is 2.29. The van der Waals surface area contributed by atoms with Crippen molar-refractivity contribution in [3.05, 3.63) is 29.3 Å². The number of rotatable bonds is 3. The average molecular weight is 282 g/mol. The number of aliphatic hydroxyl groups is 1. The number of sulfonamides is 1. The van der Waals surface area contributed by atoms with Crippen LogP contribution >= 0.6 is 0 Å². The molecule has 104 valence electrons. The van der Waals surface area contributed by atoms with Crippen LogP contribution < -0.4 is 5.32 Å². The van der Waals surface area contributed by atoms with E-state index in [2.05, 4.69) is 5.32 Å². The Morgan fingerprint density at radius 2 is 2.11 bits per heavy atom. The molecule has 1 saturated heterocycles. The summed E-state index contributed by atoms with van der Waals surface area (Å²) in [6.45, 7) is 2.53. The highest BCUT2D eigenvalue weighted by atomic mass is 32.2. The predicted molar refractivity (Wildman–Crippen MR) is 70.9 cm³/mol. The largest absolute Gasteiger partial charge is 0.396 e. The maximum Gasteiger partial charge on any atom is 0.243 e. The summed E-state index contributed by atoms with van der Waals surface area (Å²) in [5, 5.41) is 12.3. The monoisotopic (exact) mass is 282 g/mol. The Morgan fingerprint density at radius 1 is 1.32 bits per heavy atom. The minimum Gasteiger partial charge on any atom is -0.396 e. The summed E-state index contributed by atoms with van der Waals surface area (Å²) in [6.07, 6.45) is 0.738. The first-order valence-electron chi connectivity index (χ1n) is 6.55. The van der Waals surface area contributed by atoms with Gasteiger partial charge in [-0.3, -0.25) is 0 Å². The predicted octanol–water partition coefficient (Wildman–Crippen LogP) is 0.293. The molecular formula is C13H18N2O3S. The van der Waals surface area contributed by atoms with Crippen molar-refractivity contribution in [3.63, 3.8) is 0 Å². The standard InChI is InChI=1S/C13H18N2O3S/c16-9-10-3-4-15(8-10)19(17,18)13-2-1-11-6-14-7-12(11)5-13/h1-2,5,10,14,16H,3-4,6-9H2. The quantitative estimate of drug-likeness (QED) is 0.836. The van der Waals surface area contributed by atoms with Crippen LogP contribution in [0.25, 0.3) is 0 Å². The van der Waals surface area contributed by atoms with Crippen molar-refractivity contribution in [1.82, 2.24) is 9.62 Å². The van der Waals surface area contributed by atoms with E-state index in [-0.39, 0.29) is 12.5 Å². The molecule has 5 nitrogen and oxygen atoms in total. The molecule has 1 aromatic rings. The zero-order valence-corrected chi connectivity index (χ0v) is 11.5. The van der Waals surface area contributed by atoms with Gasteiger partial charge in [0, 0.05) is 32.8 Å². The van der Waals surface area contributed by atoms with E-state index in [1.165, 1.54) is 9.87 Å². The molecule has 1 atom stereocenters. The SMILES string of the molecule is O=S(=O)(c1ccc2c(c1)CNC2)N1CCC(CO)C1. The van der Waals surface area contributed by atoms with Crippen molar-refractivity contribution in [2.24, 2.45) is 5.92 Å². The number of hydrogen-bond donors (Lipinski definition) is 2. The van der Waals surface area contributed by atoms with Crippen molar-refractivity contribution in [2.75, 3.05) is 19.7 Å². The first-order valence-corrected chi connectivity index (χ1v) is 7.99. The fourth-order valence-corrected chi connectivity index (χ4v) is 4.33. The van der Waals surface area contributed by atoms with Crippen LogP contribution in [0.2, 0.25) is 0 Å². The lowest BCUT2D eigenvalue weighted by molar-refractivity contribution is 0.233. The van der Waals surface area contributed by atoms with Crippen LogP contribution in [0, 0.1) is 5.92 Å². The Kier molecular flexibility index (Phi) is 3.34. The van der Waals surface area contributed by atoms with Crippen molar-refractivity contribution >= 4 is 10.0 Å². The fraction of sp³-hybridized carbons (Fsp3) is 0.538. The number of nitrogens with one attached hydrogen (secondary N) is 1. The number of hydrogen-bond acceptors (Lipinski definition) is 4. The molecule has 0 amide bonds. The fourth-order valence-electron chi connectivity index (χ4n) is 2.75. The highest BCUT2D eigenvalue weighted by Crippen LogP contribution is 2.26. The Morgan fingerprint density at radius 3 is 2.84 bits per heavy atom. The molecular weight excluding hydrogens is 264 g/mol. The zero-order chi connectivity index (χ0) is 13.5. The van der Waals surface area contributed by atoms with Gasteiger partial charge in [-0.2, -0.15) is 4.31 Å². The van der Waals surface area contributed by atoms with Gasteiger partial charge in [0.15, 0.2) is 0 Å². The first kappa shape index (κ1) is 13.1. The van der Waals surface area contributed by atoms with Crippen LogP contribution in [-0.2, 0) is 23.1 Å². The van der Waals surface area contributed by atoms with Crippen molar-refractivity contribution in [3.8, 4) is 0 Å². The molecule has 0 aromatic heterocycles. The Bertz CT molecular complexity index is 586. The summed E-state index contributed by atoms with van der Waals surface area (Å²) < 4.78 is 26.5. The average Bonchev–Trinajstić information content (AvgIpc) is 3.06. The first-order chi connectivity index (χ1) is 9.11.